The summed E-state index contributed by atoms with van der Waals surface area (Å²) >= 11 is 0. The van der Waals surface area contributed by atoms with Gasteiger partial charge in [0.15, 0.2) is 6.29 Å². The SMILES string of the molecule is CC1COC(C2CCC(C3CC(C)C(F)C(C)C3)CC2)OC1. The van der Waals surface area contributed by atoms with Gasteiger partial charge in [0.1, 0.15) is 6.17 Å². The Morgan fingerprint density at radius 2 is 1.23 bits per heavy atom. The van der Waals surface area contributed by atoms with Crippen molar-refractivity contribution in [2.45, 2.75) is 71.8 Å². The molecule has 2 atom stereocenters. The molecule has 0 amide bonds. The van der Waals surface area contributed by atoms with Gasteiger partial charge < -0.3 is 9.47 Å². The van der Waals surface area contributed by atoms with E-state index in [1.54, 1.807) is 0 Å². The van der Waals surface area contributed by atoms with E-state index in [-0.39, 0.29) is 18.1 Å². The fourth-order valence-corrected chi connectivity index (χ4v) is 5.03. The molecule has 22 heavy (non-hydrogen) atoms. The smallest absolute Gasteiger partial charge is 0.160 e. The number of ether oxygens (including phenoxy) is 2. The maximum atomic E-state index is 14.0. The van der Waals surface area contributed by atoms with E-state index in [0.29, 0.717) is 11.8 Å². The van der Waals surface area contributed by atoms with Crippen molar-refractivity contribution in [3.05, 3.63) is 0 Å². The lowest BCUT2D eigenvalue weighted by atomic mass is 9.66. The molecule has 1 heterocycles. The second-order valence-corrected chi connectivity index (χ2v) is 8.45. The van der Waals surface area contributed by atoms with Crippen LogP contribution in [0, 0.1) is 35.5 Å². The summed E-state index contributed by atoms with van der Waals surface area (Å²) < 4.78 is 25.8. The third-order valence-electron chi connectivity index (χ3n) is 6.39. The Bertz CT molecular complexity index is 333. The first kappa shape index (κ1) is 16.7. The first-order valence-corrected chi connectivity index (χ1v) is 9.41. The molecule has 0 radical (unpaired) electrons. The molecular weight excluding hydrogens is 279 g/mol. The molecule has 1 saturated heterocycles. The summed E-state index contributed by atoms with van der Waals surface area (Å²) in [7, 11) is 0. The molecule has 2 unspecified atom stereocenters. The number of alkyl halides is 1. The Kier molecular flexibility index (Phi) is 5.44. The predicted molar refractivity (Wildman–Crippen MR) is 86.3 cm³/mol. The zero-order valence-electron chi connectivity index (χ0n) is 14.5. The van der Waals surface area contributed by atoms with Crippen molar-refractivity contribution in [2.75, 3.05) is 13.2 Å². The Morgan fingerprint density at radius 3 is 1.77 bits per heavy atom. The average molecular weight is 312 g/mol. The Balaban J connectivity index is 1.47. The molecule has 0 aromatic rings. The fourth-order valence-electron chi connectivity index (χ4n) is 5.03. The molecule has 3 fully saturated rings. The zero-order chi connectivity index (χ0) is 15.7. The van der Waals surface area contributed by atoms with Crippen LogP contribution >= 0.6 is 0 Å². The summed E-state index contributed by atoms with van der Waals surface area (Å²) in [5.74, 6) is 3.15. The van der Waals surface area contributed by atoms with Crippen LogP contribution in [0.3, 0.4) is 0 Å². The van der Waals surface area contributed by atoms with Crippen molar-refractivity contribution in [1.29, 1.82) is 0 Å². The number of hydrogen-bond acceptors (Lipinski definition) is 2. The van der Waals surface area contributed by atoms with E-state index >= 15 is 0 Å². The zero-order valence-corrected chi connectivity index (χ0v) is 14.5. The highest BCUT2D eigenvalue weighted by Crippen LogP contribution is 2.45. The van der Waals surface area contributed by atoms with Gasteiger partial charge in [0.2, 0.25) is 0 Å². The van der Waals surface area contributed by atoms with E-state index in [2.05, 4.69) is 20.8 Å². The van der Waals surface area contributed by atoms with Crippen LogP contribution in [0.4, 0.5) is 4.39 Å². The predicted octanol–water partition coefficient (Wildman–Crippen LogP) is 4.82. The molecule has 0 aromatic heterocycles. The number of halogens is 1. The first-order valence-electron chi connectivity index (χ1n) is 9.41. The van der Waals surface area contributed by atoms with Crippen LogP contribution in [-0.4, -0.2) is 25.7 Å². The maximum absolute atomic E-state index is 14.0. The minimum absolute atomic E-state index is 0.0385. The van der Waals surface area contributed by atoms with E-state index in [1.165, 1.54) is 25.7 Å². The van der Waals surface area contributed by atoms with Crippen LogP contribution in [0.15, 0.2) is 0 Å². The van der Waals surface area contributed by atoms with Crippen LogP contribution in [0.5, 0.6) is 0 Å². The lowest BCUT2D eigenvalue weighted by molar-refractivity contribution is -0.227. The summed E-state index contributed by atoms with van der Waals surface area (Å²) in [4.78, 5) is 0. The van der Waals surface area contributed by atoms with Crippen LogP contribution in [0.2, 0.25) is 0 Å². The highest BCUT2D eigenvalue weighted by Gasteiger charge is 2.39. The molecular formula is C19H33FO2. The van der Waals surface area contributed by atoms with Gasteiger partial charge in [0.05, 0.1) is 13.2 Å². The van der Waals surface area contributed by atoms with Crippen molar-refractivity contribution in [1.82, 2.24) is 0 Å². The topological polar surface area (TPSA) is 18.5 Å². The molecule has 3 heteroatoms. The van der Waals surface area contributed by atoms with Crippen molar-refractivity contribution in [2.24, 2.45) is 35.5 Å². The summed E-state index contributed by atoms with van der Waals surface area (Å²) in [6, 6.07) is 0. The van der Waals surface area contributed by atoms with Gasteiger partial charge in [-0.1, -0.05) is 20.8 Å². The third-order valence-corrected chi connectivity index (χ3v) is 6.39. The van der Waals surface area contributed by atoms with Gasteiger partial charge in [-0.2, -0.15) is 0 Å². The van der Waals surface area contributed by atoms with Gasteiger partial charge in [0, 0.05) is 11.8 Å². The Hall–Kier alpha value is -0.150. The second-order valence-electron chi connectivity index (χ2n) is 8.45. The molecule has 0 aromatic carbocycles. The molecule has 128 valence electrons. The molecule has 3 aliphatic rings. The van der Waals surface area contributed by atoms with Crippen LogP contribution in [0.1, 0.15) is 59.3 Å². The van der Waals surface area contributed by atoms with Crippen LogP contribution in [-0.2, 0) is 9.47 Å². The molecule has 0 N–H and O–H groups in total. The standard InChI is InChI=1S/C19H33FO2/c1-12-10-21-19(22-11-12)16-6-4-15(5-7-16)17-8-13(2)18(20)14(3)9-17/h12-19H,4-11H2,1-3H3. The lowest BCUT2D eigenvalue weighted by Crippen LogP contribution is -2.39. The highest BCUT2D eigenvalue weighted by atomic mass is 19.1. The average Bonchev–Trinajstić information content (AvgIpc) is 2.53. The number of hydrogen-bond donors (Lipinski definition) is 0. The summed E-state index contributed by atoms with van der Waals surface area (Å²) in [6.07, 6.45) is 6.65. The minimum Gasteiger partial charge on any atom is -0.352 e. The van der Waals surface area contributed by atoms with Gasteiger partial charge in [-0.25, -0.2) is 4.39 Å². The van der Waals surface area contributed by atoms with Gasteiger partial charge in [-0.15, -0.1) is 0 Å². The van der Waals surface area contributed by atoms with Gasteiger partial charge >= 0.3 is 0 Å². The van der Waals surface area contributed by atoms with Crippen LogP contribution < -0.4 is 0 Å². The van der Waals surface area contributed by atoms with Crippen molar-refractivity contribution < 1.29 is 13.9 Å². The van der Waals surface area contributed by atoms with Gasteiger partial charge in [-0.3, -0.25) is 0 Å². The Morgan fingerprint density at radius 1 is 0.727 bits per heavy atom. The summed E-state index contributed by atoms with van der Waals surface area (Å²) in [5.41, 5.74) is 0. The lowest BCUT2D eigenvalue weighted by Gasteiger charge is -2.43. The van der Waals surface area contributed by atoms with E-state index in [9.17, 15) is 4.39 Å². The van der Waals surface area contributed by atoms with Crippen molar-refractivity contribution >= 4 is 0 Å². The molecule has 1 aliphatic heterocycles. The molecule has 2 saturated carbocycles. The Labute approximate surface area is 135 Å². The third kappa shape index (κ3) is 3.67. The highest BCUT2D eigenvalue weighted by molar-refractivity contribution is 4.88. The van der Waals surface area contributed by atoms with E-state index < -0.39 is 6.17 Å². The first-order chi connectivity index (χ1) is 10.5. The van der Waals surface area contributed by atoms with E-state index in [1.807, 2.05) is 0 Å². The fraction of sp³-hybridized carbons (Fsp3) is 1.00. The van der Waals surface area contributed by atoms with Crippen molar-refractivity contribution in [3.63, 3.8) is 0 Å². The monoisotopic (exact) mass is 312 g/mol. The summed E-state index contributed by atoms with van der Waals surface area (Å²) in [6.45, 7) is 8.07. The van der Waals surface area contributed by atoms with Gasteiger partial charge in [0.25, 0.3) is 0 Å². The van der Waals surface area contributed by atoms with E-state index in [0.717, 1.165) is 37.9 Å². The quantitative estimate of drug-likeness (QED) is 0.727. The number of rotatable bonds is 2. The molecule has 3 rings (SSSR count). The molecule has 0 bridgehead atoms. The minimum atomic E-state index is -0.585. The summed E-state index contributed by atoms with van der Waals surface area (Å²) in [5, 5.41) is 0. The molecule has 0 spiro atoms. The van der Waals surface area contributed by atoms with Crippen LogP contribution in [0.25, 0.3) is 0 Å². The van der Waals surface area contributed by atoms with E-state index in [4.69, 9.17) is 9.47 Å². The molecule has 2 aliphatic carbocycles. The largest absolute Gasteiger partial charge is 0.352 e. The normalized spacial score (nSPS) is 50.7. The molecule has 2 nitrogen and oxygen atoms in total. The maximum Gasteiger partial charge on any atom is 0.160 e. The second kappa shape index (κ2) is 7.17. The van der Waals surface area contributed by atoms with Gasteiger partial charge in [-0.05, 0) is 62.2 Å². The van der Waals surface area contributed by atoms with Crippen molar-refractivity contribution in [3.8, 4) is 0 Å².